The Bertz CT molecular complexity index is 1470. The first-order chi connectivity index (χ1) is 14.5. The van der Waals surface area contributed by atoms with Crippen molar-refractivity contribution in [3.05, 3.63) is 69.2 Å². The summed E-state index contributed by atoms with van der Waals surface area (Å²) >= 11 is 1.38. The maximum atomic E-state index is 12.7. The molecule has 0 aliphatic carbocycles. The Morgan fingerprint density at radius 1 is 1.23 bits per heavy atom. The second-order valence-electron chi connectivity index (χ2n) is 7.09. The van der Waals surface area contributed by atoms with Crippen molar-refractivity contribution in [2.24, 2.45) is 0 Å². The number of aromatic amines is 2. The number of thiazole rings is 1. The minimum atomic E-state index is -0.223. The molecule has 9 heteroatoms. The standard InChI is InChI=1S/C21H18N6O2S/c1-11-14(12(2)27-18(23-11)8-20(29)26-27)7-19(28)25-21-24-17(10-30-21)15-9-22-16-6-4-3-5-13(15)16/h3-6,8-10,22H,7H2,1-2H3,(H,26,29)(H,24,25,28). The Hall–Kier alpha value is -3.72. The number of hydrogen-bond acceptors (Lipinski definition) is 5. The Morgan fingerprint density at radius 2 is 2.07 bits per heavy atom. The number of anilines is 1. The third-order valence-electron chi connectivity index (χ3n) is 5.16. The summed E-state index contributed by atoms with van der Waals surface area (Å²) in [5.41, 5.74) is 5.46. The van der Waals surface area contributed by atoms with Crippen LogP contribution in [0.25, 0.3) is 27.8 Å². The van der Waals surface area contributed by atoms with Crippen LogP contribution in [0.3, 0.4) is 0 Å². The molecule has 0 aliphatic heterocycles. The van der Waals surface area contributed by atoms with E-state index in [1.807, 2.05) is 49.7 Å². The fraction of sp³-hybridized carbons (Fsp3) is 0.143. The van der Waals surface area contributed by atoms with E-state index in [0.29, 0.717) is 10.8 Å². The van der Waals surface area contributed by atoms with Gasteiger partial charge in [-0.15, -0.1) is 11.3 Å². The lowest BCUT2D eigenvalue weighted by Gasteiger charge is -2.11. The fourth-order valence-corrected chi connectivity index (χ4v) is 4.40. The van der Waals surface area contributed by atoms with Crippen LogP contribution in [-0.2, 0) is 11.2 Å². The van der Waals surface area contributed by atoms with Crippen LogP contribution in [0.1, 0.15) is 17.0 Å². The van der Waals surface area contributed by atoms with Gasteiger partial charge in [-0.1, -0.05) is 18.2 Å². The molecule has 4 aromatic heterocycles. The molecule has 0 spiro atoms. The van der Waals surface area contributed by atoms with Gasteiger partial charge in [0.1, 0.15) is 0 Å². The SMILES string of the molecule is Cc1nc2cc(=O)[nH]n2c(C)c1CC(=O)Nc1nc(-c2c[nH]c3ccccc23)cs1. The molecule has 150 valence electrons. The van der Waals surface area contributed by atoms with Crippen LogP contribution in [0.2, 0.25) is 0 Å². The Kier molecular flexibility index (Phi) is 4.25. The van der Waals surface area contributed by atoms with Gasteiger partial charge in [-0.05, 0) is 19.9 Å². The summed E-state index contributed by atoms with van der Waals surface area (Å²) in [7, 11) is 0. The lowest BCUT2D eigenvalue weighted by atomic mass is 10.1. The zero-order valence-corrected chi connectivity index (χ0v) is 17.1. The van der Waals surface area contributed by atoms with Crippen LogP contribution < -0.4 is 10.9 Å². The number of amides is 1. The summed E-state index contributed by atoms with van der Waals surface area (Å²) in [6.07, 6.45) is 2.07. The Balaban J connectivity index is 1.38. The molecule has 0 atom stereocenters. The highest BCUT2D eigenvalue weighted by Crippen LogP contribution is 2.31. The highest BCUT2D eigenvalue weighted by Gasteiger charge is 2.16. The zero-order valence-electron chi connectivity index (χ0n) is 16.3. The number of carbonyl (C=O) groups is 1. The van der Waals surface area contributed by atoms with Crippen molar-refractivity contribution < 1.29 is 4.79 Å². The second kappa shape index (κ2) is 6.96. The van der Waals surface area contributed by atoms with Crippen molar-refractivity contribution in [3.63, 3.8) is 0 Å². The summed E-state index contributed by atoms with van der Waals surface area (Å²) in [6.45, 7) is 3.70. The van der Waals surface area contributed by atoms with Crippen molar-refractivity contribution in [1.29, 1.82) is 0 Å². The van der Waals surface area contributed by atoms with Gasteiger partial charge in [0, 0.05) is 51.1 Å². The van der Waals surface area contributed by atoms with Gasteiger partial charge in [-0.3, -0.25) is 14.7 Å². The average molecular weight is 418 g/mol. The number of fused-ring (bicyclic) bond motifs is 2. The number of nitrogens with one attached hydrogen (secondary N) is 3. The molecule has 1 aromatic carbocycles. The highest BCUT2D eigenvalue weighted by atomic mass is 32.1. The molecule has 0 aliphatic rings. The first-order valence-corrected chi connectivity index (χ1v) is 10.3. The van der Waals surface area contributed by atoms with E-state index in [4.69, 9.17) is 0 Å². The van der Waals surface area contributed by atoms with Crippen molar-refractivity contribution >= 4 is 38.9 Å². The molecule has 0 radical (unpaired) electrons. The van der Waals surface area contributed by atoms with Crippen LogP contribution >= 0.6 is 11.3 Å². The molecule has 1 amide bonds. The van der Waals surface area contributed by atoms with Crippen molar-refractivity contribution in [1.82, 2.24) is 24.6 Å². The van der Waals surface area contributed by atoms with Crippen LogP contribution in [-0.4, -0.2) is 30.5 Å². The topological polar surface area (TPSA) is 108 Å². The van der Waals surface area contributed by atoms with Crippen LogP contribution in [0, 0.1) is 13.8 Å². The summed E-state index contributed by atoms with van der Waals surface area (Å²) in [4.78, 5) is 36.5. The number of para-hydroxylation sites is 1. The Labute approximate surface area is 174 Å². The number of benzene rings is 1. The number of nitrogens with zero attached hydrogens (tertiary/aromatic N) is 3. The van der Waals surface area contributed by atoms with E-state index in [0.717, 1.165) is 39.1 Å². The molecule has 4 heterocycles. The van der Waals surface area contributed by atoms with E-state index < -0.39 is 0 Å². The van der Waals surface area contributed by atoms with Gasteiger partial charge in [-0.2, -0.15) is 0 Å². The molecular formula is C21H18N6O2S. The predicted octanol–water partition coefficient (Wildman–Crippen LogP) is 3.43. The van der Waals surface area contributed by atoms with Gasteiger partial charge in [0.2, 0.25) is 5.91 Å². The first kappa shape index (κ1) is 18.3. The molecule has 0 saturated heterocycles. The summed E-state index contributed by atoms with van der Waals surface area (Å²) < 4.78 is 1.61. The number of hydrogen-bond donors (Lipinski definition) is 3. The van der Waals surface area contributed by atoms with E-state index in [2.05, 4.69) is 25.4 Å². The number of rotatable bonds is 4. The lowest BCUT2D eigenvalue weighted by Crippen LogP contribution is -2.17. The van der Waals surface area contributed by atoms with Crippen LogP contribution in [0.4, 0.5) is 5.13 Å². The smallest absolute Gasteiger partial charge is 0.266 e. The van der Waals surface area contributed by atoms with E-state index in [-0.39, 0.29) is 17.9 Å². The molecule has 0 bridgehead atoms. The number of aromatic nitrogens is 5. The molecule has 5 aromatic rings. The molecule has 0 saturated carbocycles. The average Bonchev–Trinajstić information content (AvgIpc) is 3.43. The van der Waals surface area contributed by atoms with Gasteiger partial charge in [0.05, 0.1) is 12.1 Å². The maximum Gasteiger partial charge on any atom is 0.266 e. The van der Waals surface area contributed by atoms with Gasteiger partial charge in [0.15, 0.2) is 10.8 Å². The third kappa shape index (κ3) is 3.09. The summed E-state index contributed by atoms with van der Waals surface area (Å²) in [5.74, 6) is -0.184. The van der Waals surface area contributed by atoms with Crippen LogP contribution in [0.5, 0.6) is 0 Å². The van der Waals surface area contributed by atoms with Gasteiger partial charge < -0.3 is 10.3 Å². The fourth-order valence-electron chi connectivity index (χ4n) is 3.67. The van der Waals surface area contributed by atoms with Crippen molar-refractivity contribution in [3.8, 4) is 11.3 Å². The molecule has 3 N–H and O–H groups in total. The third-order valence-corrected chi connectivity index (χ3v) is 5.91. The van der Waals surface area contributed by atoms with Gasteiger partial charge >= 0.3 is 0 Å². The van der Waals surface area contributed by atoms with Crippen molar-refractivity contribution in [2.75, 3.05) is 5.32 Å². The zero-order chi connectivity index (χ0) is 20.8. The second-order valence-corrected chi connectivity index (χ2v) is 7.94. The number of aryl methyl sites for hydroxylation is 2. The van der Waals surface area contributed by atoms with E-state index in [1.165, 1.54) is 17.4 Å². The summed E-state index contributed by atoms with van der Waals surface area (Å²) in [6, 6.07) is 9.46. The normalized spacial score (nSPS) is 11.4. The van der Waals surface area contributed by atoms with Crippen molar-refractivity contribution in [2.45, 2.75) is 20.3 Å². The van der Waals surface area contributed by atoms with Crippen LogP contribution in [0.15, 0.2) is 46.7 Å². The molecule has 30 heavy (non-hydrogen) atoms. The molecule has 5 rings (SSSR count). The van der Waals surface area contributed by atoms with Gasteiger partial charge in [-0.25, -0.2) is 14.5 Å². The summed E-state index contributed by atoms with van der Waals surface area (Å²) in [5, 5.41) is 9.14. The minimum absolute atomic E-state index is 0.142. The molecule has 0 fully saturated rings. The number of H-pyrrole nitrogens is 2. The predicted molar refractivity (Wildman–Crippen MR) is 117 cm³/mol. The van der Waals surface area contributed by atoms with E-state index >= 15 is 0 Å². The molecular weight excluding hydrogens is 400 g/mol. The lowest BCUT2D eigenvalue weighted by molar-refractivity contribution is -0.115. The Morgan fingerprint density at radius 3 is 2.93 bits per heavy atom. The minimum Gasteiger partial charge on any atom is -0.360 e. The highest BCUT2D eigenvalue weighted by molar-refractivity contribution is 7.14. The van der Waals surface area contributed by atoms with E-state index in [1.54, 1.807) is 4.52 Å². The molecule has 0 unspecified atom stereocenters. The monoisotopic (exact) mass is 418 g/mol. The van der Waals surface area contributed by atoms with E-state index in [9.17, 15) is 9.59 Å². The first-order valence-electron chi connectivity index (χ1n) is 9.39. The quantitative estimate of drug-likeness (QED) is 0.415. The molecule has 8 nitrogen and oxygen atoms in total. The number of carbonyl (C=O) groups excluding carboxylic acids is 1. The maximum absolute atomic E-state index is 12.7. The van der Waals surface area contributed by atoms with Gasteiger partial charge in [0.25, 0.3) is 5.56 Å². The largest absolute Gasteiger partial charge is 0.360 e.